The fourth-order valence-electron chi connectivity index (χ4n) is 3.57. The average Bonchev–Trinajstić information content (AvgIpc) is 2.88. The van der Waals surface area contributed by atoms with E-state index in [9.17, 15) is 5.11 Å². The van der Waals surface area contributed by atoms with Gasteiger partial charge in [-0.15, -0.1) is 0 Å². The predicted octanol–water partition coefficient (Wildman–Crippen LogP) is 3.87. The highest BCUT2D eigenvalue weighted by atomic mass is 79.9. The smallest absolute Gasteiger partial charge is 0.125 e. The minimum atomic E-state index is 0.0821. The lowest BCUT2D eigenvalue weighted by Gasteiger charge is -2.36. The fraction of sp³-hybridized carbons (Fsp3) is 0.625. The van der Waals surface area contributed by atoms with Gasteiger partial charge in [-0.1, -0.05) is 35.2 Å². The Morgan fingerprint density at radius 1 is 1.21 bits per heavy atom. The number of hydrogen-bond acceptors (Lipinski definition) is 2. The van der Waals surface area contributed by atoms with E-state index in [0.717, 1.165) is 42.5 Å². The minimum Gasteiger partial charge on any atom is -0.493 e. The molecule has 0 radical (unpaired) electrons. The first-order valence-corrected chi connectivity index (χ1v) is 8.07. The molecule has 3 rings (SSSR count). The molecule has 1 aromatic carbocycles. The summed E-state index contributed by atoms with van der Waals surface area (Å²) < 4.78 is 6.95. The maximum absolute atomic E-state index is 9.87. The molecule has 1 heterocycles. The Kier molecular flexibility index (Phi) is 3.86. The third-order valence-electron chi connectivity index (χ3n) is 4.64. The van der Waals surface area contributed by atoms with E-state index in [1.54, 1.807) is 0 Å². The molecule has 1 saturated carbocycles. The maximum atomic E-state index is 9.87. The molecule has 19 heavy (non-hydrogen) atoms. The summed E-state index contributed by atoms with van der Waals surface area (Å²) in [5, 5.41) is 9.87. The molecular formula is C16H21BrO2. The van der Waals surface area contributed by atoms with E-state index in [2.05, 4.69) is 28.1 Å². The van der Waals surface area contributed by atoms with Crippen molar-refractivity contribution in [3.63, 3.8) is 0 Å². The molecule has 1 aliphatic carbocycles. The Labute approximate surface area is 123 Å². The van der Waals surface area contributed by atoms with Crippen molar-refractivity contribution < 1.29 is 9.84 Å². The molecule has 1 aliphatic heterocycles. The zero-order valence-corrected chi connectivity index (χ0v) is 12.8. The topological polar surface area (TPSA) is 29.5 Å². The van der Waals surface area contributed by atoms with Crippen molar-refractivity contribution in [3.8, 4) is 5.75 Å². The van der Waals surface area contributed by atoms with Crippen LogP contribution in [0.4, 0.5) is 0 Å². The molecule has 0 spiro atoms. The van der Waals surface area contributed by atoms with Gasteiger partial charge in [0.05, 0.1) is 6.61 Å². The van der Waals surface area contributed by atoms with Crippen molar-refractivity contribution in [1.82, 2.24) is 0 Å². The van der Waals surface area contributed by atoms with Gasteiger partial charge in [-0.2, -0.15) is 0 Å². The Hall–Kier alpha value is -0.540. The van der Waals surface area contributed by atoms with Crippen molar-refractivity contribution in [2.75, 3.05) is 13.2 Å². The molecule has 3 heteroatoms. The number of rotatable bonds is 3. The zero-order chi connectivity index (χ0) is 13.3. The number of fused-ring (bicyclic) bond motifs is 1. The molecule has 0 bridgehead atoms. The van der Waals surface area contributed by atoms with Gasteiger partial charge in [0.1, 0.15) is 5.75 Å². The highest BCUT2D eigenvalue weighted by Gasteiger charge is 2.33. The molecule has 104 valence electrons. The first-order chi connectivity index (χ1) is 9.22. The van der Waals surface area contributed by atoms with Crippen LogP contribution in [0.5, 0.6) is 5.75 Å². The first kappa shape index (κ1) is 13.4. The van der Waals surface area contributed by atoms with E-state index in [4.69, 9.17) is 4.74 Å². The van der Waals surface area contributed by atoms with Gasteiger partial charge >= 0.3 is 0 Å². The second-order valence-electron chi connectivity index (χ2n) is 6.05. The van der Waals surface area contributed by atoms with Gasteiger partial charge in [-0.3, -0.25) is 0 Å². The van der Waals surface area contributed by atoms with Crippen LogP contribution in [0.1, 0.15) is 43.2 Å². The third-order valence-corrected chi connectivity index (χ3v) is 5.10. The van der Waals surface area contributed by atoms with Crippen LogP contribution in [0.25, 0.3) is 0 Å². The lowest BCUT2D eigenvalue weighted by molar-refractivity contribution is 0.0817. The van der Waals surface area contributed by atoms with Crippen molar-refractivity contribution in [3.05, 3.63) is 27.7 Å². The molecule has 1 N–H and O–H groups in total. The van der Waals surface area contributed by atoms with Crippen molar-refractivity contribution in [2.45, 2.75) is 44.9 Å². The molecule has 2 nitrogen and oxygen atoms in total. The quantitative estimate of drug-likeness (QED) is 0.914. The van der Waals surface area contributed by atoms with E-state index in [-0.39, 0.29) is 5.41 Å². The lowest BCUT2D eigenvalue weighted by Crippen LogP contribution is -2.30. The largest absolute Gasteiger partial charge is 0.493 e. The van der Waals surface area contributed by atoms with Gasteiger partial charge in [0.25, 0.3) is 0 Å². The van der Waals surface area contributed by atoms with Gasteiger partial charge in [-0.25, -0.2) is 0 Å². The number of hydrogen-bond donors (Lipinski definition) is 1. The average molecular weight is 325 g/mol. The van der Waals surface area contributed by atoms with Crippen LogP contribution in [0.15, 0.2) is 16.6 Å². The SMILES string of the molecule is OCC1(Cc2cc(Br)cc3c2OCC3)CCCCC1. The van der Waals surface area contributed by atoms with Gasteiger partial charge in [0.2, 0.25) is 0 Å². The number of benzene rings is 1. The van der Waals surface area contributed by atoms with Crippen molar-refractivity contribution in [1.29, 1.82) is 0 Å². The summed E-state index contributed by atoms with van der Waals surface area (Å²) in [5.41, 5.74) is 2.67. The van der Waals surface area contributed by atoms with Crippen LogP contribution in [0.2, 0.25) is 0 Å². The molecule has 0 atom stereocenters. The van der Waals surface area contributed by atoms with Gasteiger partial charge < -0.3 is 9.84 Å². The standard InChI is InChI=1S/C16H21BrO2/c17-14-8-12-4-7-19-15(12)13(9-14)10-16(11-18)5-2-1-3-6-16/h8-9,18H,1-7,10-11H2. The fourth-order valence-corrected chi connectivity index (χ4v) is 4.13. The van der Waals surface area contributed by atoms with Crippen LogP contribution in [-0.4, -0.2) is 18.3 Å². The first-order valence-electron chi connectivity index (χ1n) is 7.27. The van der Waals surface area contributed by atoms with Gasteiger partial charge in [0, 0.05) is 17.5 Å². The predicted molar refractivity (Wildman–Crippen MR) is 79.6 cm³/mol. The Bertz CT molecular complexity index is 464. The summed E-state index contributed by atoms with van der Waals surface area (Å²) in [7, 11) is 0. The van der Waals surface area contributed by atoms with Crippen LogP contribution in [-0.2, 0) is 12.8 Å². The molecule has 0 aromatic heterocycles. The summed E-state index contributed by atoms with van der Waals surface area (Å²) >= 11 is 3.60. The summed E-state index contributed by atoms with van der Waals surface area (Å²) in [6.45, 7) is 1.10. The van der Waals surface area contributed by atoms with Gasteiger partial charge in [0.15, 0.2) is 0 Å². The molecule has 2 aliphatic rings. The Morgan fingerprint density at radius 2 is 2.00 bits per heavy atom. The molecule has 0 amide bonds. The highest BCUT2D eigenvalue weighted by Crippen LogP contribution is 2.43. The van der Waals surface area contributed by atoms with Crippen molar-refractivity contribution >= 4 is 15.9 Å². The van der Waals surface area contributed by atoms with E-state index < -0.39 is 0 Å². The van der Waals surface area contributed by atoms with Crippen LogP contribution in [0.3, 0.4) is 0 Å². The van der Waals surface area contributed by atoms with E-state index in [1.807, 2.05) is 0 Å². The van der Waals surface area contributed by atoms with Crippen molar-refractivity contribution in [2.24, 2.45) is 5.41 Å². The van der Waals surface area contributed by atoms with Gasteiger partial charge in [-0.05, 0) is 47.9 Å². The summed E-state index contributed by atoms with van der Waals surface area (Å²) in [4.78, 5) is 0. The van der Waals surface area contributed by atoms with E-state index in [1.165, 1.54) is 30.4 Å². The number of halogens is 1. The Morgan fingerprint density at radius 3 is 2.74 bits per heavy atom. The molecule has 1 aromatic rings. The molecule has 0 saturated heterocycles. The normalized spacial score (nSPS) is 20.9. The van der Waals surface area contributed by atoms with E-state index in [0.29, 0.717) is 6.61 Å². The number of aliphatic hydroxyl groups excluding tert-OH is 1. The molecule has 0 unspecified atom stereocenters. The zero-order valence-electron chi connectivity index (χ0n) is 11.3. The number of ether oxygens (including phenoxy) is 1. The van der Waals surface area contributed by atoms with E-state index >= 15 is 0 Å². The molecular weight excluding hydrogens is 304 g/mol. The lowest BCUT2D eigenvalue weighted by atomic mass is 9.71. The maximum Gasteiger partial charge on any atom is 0.125 e. The minimum absolute atomic E-state index is 0.0821. The second kappa shape index (κ2) is 5.45. The monoisotopic (exact) mass is 324 g/mol. The highest BCUT2D eigenvalue weighted by molar-refractivity contribution is 9.10. The summed E-state index contributed by atoms with van der Waals surface area (Å²) in [6.07, 6.45) is 8.05. The van der Waals surface area contributed by atoms with Crippen LogP contribution >= 0.6 is 15.9 Å². The van der Waals surface area contributed by atoms with Crippen LogP contribution in [0, 0.1) is 5.41 Å². The number of aliphatic hydroxyl groups is 1. The second-order valence-corrected chi connectivity index (χ2v) is 6.96. The summed E-state index contributed by atoms with van der Waals surface area (Å²) in [5.74, 6) is 1.08. The molecule has 1 fully saturated rings. The third kappa shape index (κ3) is 2.68. The summed E-state index contributed by atoms with van der Waals surface area (Å²) in [6, 6.07) is 4.34. The Balaban J connectivity index is 1.90. The van der Waals surface area contributed by atoms with Crippen LogP contribution < -0.4 is 4.74 Å².